The Morgan fingerprint density at radius 3 is 2.53 bits per heavy atom. The van der Waals surface area contributed by atoms with Gasteiger partial charge in [-0.05, 0) is 25.5 Å². The molecule has 17 heavy (non-hydrogen) atoms. The van der Waals surface area contributed by atoms with Gasteiger partial charge in [0.15, 0.2) is 0 Å². The van der Waals surface area contributed by atoms with Gasteiger partial charge in [0.1, 0.15) is 0 Å². The molecule has 0 bridgehead atoms. The number of hydrogen-bond donors (Lipinski definition) is 2. The van der Waals surface area contributed by atoms with E-state index in [1.807, 2.05) is 13.8 Å². The quantitative estimate of drug-likeness (QED) is 0.813. The Bertz CT molecular complexity index is 421. The normalized spacial score (nSPS) is 11.7. The van der Waals surface area contributed by atoms with Crippen molar-refractivity contribution in [3.63, 3.8) is 0 Å². The average molecular weight is 255 g/mol. The van der Waals surface area contributed by atoms with E-state index in [-0.39, 0.29) is 6.04 Å². The number of nitrogens with one attached hydrogen (secondary N) is 2. The van der Waals surface area contributed by atoms with Gasteiger partial charge in [-0.2, -0.15) is 0 Å². The number of para-hydroxylation sites is 1. The summed E-state index contributed by atoms with van der Waals surface area (Å²) < 4.78 is 0. The lowest BCUT2D eigenvalue weighted by Crippen LogP contribution is -2.40. The first-order valence-electron chi connectivity index (χ1n) is 5.41. The van der Waals surface area contributed by atoms with Gasteiger partial charge in [0.05, 0.1) is 10.7 Å². The summed E-state index contributed by atoms with van der Waals surface area (Å²) in [4.78, 5) is 23.0. The van der Waals surface area contributed by atoms with Crippen LogP contribution in [0.15, 0.2) is 24.3 Å². The Balaban J connectivity index is 2.61. The molecule has 2 amide bonds. The molecule has 5 heteroatoms. The number of carbonyl (C=O) groups excluding carboxylic acids is 2. The van der Waals surface area contributed by atoms with Gasteiger partial charge in [0, 0.05) is 6.04 Å². The summed E-state index contributed by atoms with van der Waals surface area (Å²) in [5, 5.41) is 5.43. The second-order valence-corrected chi connectivity index (χ2v) is 4.12. The highest BCUT2D eigenvalue weighted by atomic mass is 35.5. The molecular weight excluding hydrogens is 240 g/mol. The third kappa shape index (κ3) is 4.07. The van der Waals surface area contributed by atoms with Crippen molar-refractivity contribution in [1.29, 1.82) is 0 Å². The first-order valence-corrected chi connectivity index (χ1v) is 5.78. The highest BCUT2D eigenvalue weighted by Gasteiger charge is 2.16. The summed E-state index contributed by atoms with van der Waals surface area (Å²) in [6.45, 7) is 3.76. The van der Waals surface area contributed by atoms with Crippen molar-refractivity contribution in [2.75, 3.05) is 5.32 Å². The lowest BCUT2D eigenvalue weighted by atomic mass is 10.2. The zero-order chi connectivity index (χ0) is 12.8. The van der Waals surface area contributed by atoms with E-state index in [0.717, 1.165) is 6.42 Å². The van der Waals surface area contributed by atoms with Gasteiger partial charge in [-0.1, -0.05) is 30.7 Å². The minimum atomic E-state index is -0.710. The monoisotopic (exact) mass is 254 g/mol. The number of hydrogen-bond acceptors (Lipinski definition) is 2. The van der Waals surface area contributed by atoms with Gasteiger partial charge in [-0.3, -0.25) is 9.59 Å². The van der Waals surface area contributed by atoms with Crippen LogP contribution in [-0.4, -0.2) is 17.9 Å². The van der Waals surface area contributed by atoms with Gasteiger partial charge in [0.2, 0.25) is 0 Å². The molecule has 1 atom stereocenters. The Morgan fingerprint density at radius 2 is 1.94 bits per heavy atom. The van der Waals surface area contributed by atoms with Crippen LogP contribution in [0.5, 0.6) is 0 Å². The van der Waals surface area contributed by atoms with Gasteiger partial charge < -0.3 is 10.6 Å². The van der Waals surface area contributed by atoms with Crippen molar-refractivity contribution in [2.24, 2.45) is 0 Å². The molecule has 0 saturated carbocycles. The summed E-state index contributed by atoms with van der Waals surface area (Å²) in [6, 6.07) is 6.73. The SMILES string of the molecule is CC[C@@H](C)NC(=O)C(=O)Nc1ccccc1Cl. The minimum Gasteiger partial charge on any atom is -0.345 e. The number of amides is 2. The number of halogens is 1. The van der Waals surface area contributed by atoms with Crippen LogP contribution in [-0.2, 0) is 9.59 Å². The molecule has 0 fully saturated rings. The molecule has 0 unspecified atom stereocenters. The Hall–Kier alpha value is -1.55. The number of rotatable bonds is 3. The van der Waals surface area contributed by atoms with Crippen LogP contribution in [0.3, 0.4) is 0 Å². The van der Waals surface area contributed by atoms with E-state index in [0.29, 0.717) is 10.7 Å². The summed E-state index contributed by atoms with van der Waals surface area (Å²) in [5.74, 6) is -1.36. The Kier molecular flexibility index (Phi) is 4.97. The molecular formula is C12H15ClN2O2. The van der Waals surface area contributed by atoms with Gasteiger partial charge in [0.25, 0.3) is 0 Å². The van der Waals surface area contributed by atoms with Crippen LogP contribution in [0, 0.1) is 0 Å². The molecule has 0 heterocycles. The van der Waals surface area contributed by atoms with Crippen LogP contribution < -0.4 is 10.6 Å². The number of carbonyl (C=O) groups is 2. The first kappa shape index (κ1) is 13.5. The maximum Gasteiger partial charge on any atom is 0.313 e. The number of benzene rings is 1. The topological polar surface area (TPSA) is 58.2 Å². The molecule has 0 saturated heterocycles. The molecule has 1 aromatic rings. The van der Waals surface area contributed by atoms with Crippen LogP contribution in [0.1, 0.15) is 20.3 Å². The van der Waals surface area contributed by atoms with E-state index in [2.05, 4.69) is 10.6 Å². The zero-order valence-electron chi connectivity index (χ0n) is 9.79. The summed E-state index contributed by atoms with van der Waals surface area (Å²) in [6.07, 6.45) is 0.769. The van der Waals surface area contributed by atoms with E-state index in [4.69, 9.17) is 11.6 Å². The third-order valence-corrected chi connectivity index (χ3v) is 2.65. The van der Waals surface area contributed by atoms with Crippen molar-refractivity contribution in [1.82, 2.24) is 5.32 Å². The molecule has 0 aliphatic rings. The molecule has 1 aromatic carbocycles. The molecule has 2 N–H and O–H groups in total. The zero-order valence-corrected chi connectivity index (χ0v) is 10.5. The summed E-state index contributed by atoms with van der Waals surface area (Å²) in [7, 11) is 0. The predicted octanol–water partition coefficient (Wildman–Crippen LogP) is 2.19. The van der Waals surface area contributed by atoms with Crippen LogP contribution in [0.2, 0.25) is 5.02 Å². The molecule has 0 radical (unpaired) electrons. The molecule has 4 nitrogen and oxygen atoms in total. The highest BCUT2D eigenvalue weighted by Crippen LogP contribution is 2.20. The van der Waals surface area contributed by atoms with Crippen LogP contribution >= 0.6 is 11.6 Å². The fraction of sp³-hybridized carbons (Fsp3) is 0.333. The van der Waals surface area contributed by atoms with Crippen molar-refractivity contribution < 1.29 is 9.59 Å². The predicted molar refractivity (Wildman–Crippen MR) is 68.0 cm³/mol. The standard InChI is InChI=1S/C12H15ClN2O2/c1-3-8(2)14-11(16)12(17)15-10-7-5-4-6-9(10)13/h4-8H,3H2,1-2H3,(H,14,16)(H,15,17)/t8-/m1/s1. The van der Waals surface area contributed by atoms with E-state index < -0.39 is 11.8 Å². The van der Waals surface area contributed by atoms with Crippen molar-refractivity contribution in [3.8, 4) is 0 Å². The van der Waals surface area contributed by atoms with Crippen molar-refractivity contribution in [2.45, 2.75) is 26.3 Å². The van der Waals surface area contributed by atoms with Crippen LogP contribution in [0.25, 0.3) is 0 Å². The van der Waals surface area contributed by atoms with E-state index in [9.17, 15) is 9.59 Å². The smallest absolute Gasteiger partial charge is 0.313 e. The maximum absolute atomic E-state index is 11.5. The first-order chi connectivity index (χ1) is 8.04. The fourth-order valence-corrected chi connectivity index (χ4v) is 1.32. The second kappa shape index (κ2) is 6.25. The largest absolute Gasteiger partial charge is 0.345 e. The Labute approximate surface area is 105 Å². The van der Waals surface area contributed by atoms with Crippen molar-refractivity contribution >= 4 is 29.1 Å². The number of anilines is 1. The van der Waals surface area contributed by atoms with Gasteiger partial charge >= 0.3 is 11.8 Å². The fourth-order valence-electron chi connectivity index (χ4n) is 1.13. The molecule has 0 aromatic heterocycles. The van der Waals surface area contributed by atoms with Crippen molar-refractivity contribution in [3.05, 3.63) is 29.3 Å². The maximum atomic E-state index is 11.5. The summed E-state index contributed by atoms with van der Waals surface area (Å²) >= 11 is 5.86. The van der Waals surface area contributed by atoms with Gasteiger partial charge in [-0.15, -0.1) is 0 Å². The van der Waals surface area contributed by atoms with Crippen LogP contribution in [0.4, 0.5) is 5.69 Å². The second-order valence-electron chi connectivity index (χ2n) is 3.72. The van der Waals surface area contributed by atoms with E-state index in [1.165, 1.54) is 0 Å². The molecule has 0 aliphatic heterocycles. The third-order valence-electron chi connectivity index (χ3n) is 2.32. The average Bonchev–Trinajstić information content (AvgIpc) is 2.31. The lowest BCUT2D eigenvalue weighted by Gasteiger charge is -2.11. The lowest BCUT2D eigenvalue weighted by molar-refractivity contribution is -0.136. The van der Waals surface area contributed by atoms with E-state index in [1.54, 1.807) is 24.3 Å². The Morgan fingerprint density at radius 1 is 1.29 bits per heavy atom. The minimum absolute atomic E-state index is 0.0282. The molecule has 0 aliphatic carbocycles. The molecule has 92 valence electrons. The van der Waals surface area contributed by atoms with Gasteiger partial charge in [-0.25, -0.2) is 0 Å². The summed E-state index contributed by atoms with van der Waals surface area (Å²) in [5.41, 5.74) is 0.429. The molecule has 0 spiro atoms. The molecule has 1 rings (SSSR count). The van der Waals surface area contributed by atoms with E-state index >= 15 is 0 Å². The highest BCUT2D eigenvalue weighted by molar-refractivity contribution is 6.41.